The molecule has 160 valence electrons. The summed E-state index contributed by atoms with van der Waals surface area (Å²) in [6.07, 6.45) is 1.78. The Morgan fingerprint density at radius 2 is 1.93 bits per heavy atom. The molecule has 11 heteroatoms. The molecule has 3 heterocycles. The van der Waals surface area contributed by atoms with Crippen molar-refractivity contribution in [2.45, 2.75) is 18.2 Å². The third kappa shape index (κ3) is 4.24. The molecule has 9 nitrogen and oxygen atoms in total. The van der Waals surface area contributed by atoms with Crippen LogP contribution in [-0.4, -0.2) is 62.4 Å². The van der Waals surface area contributed by atoms with E-state index in [1.54, 1.807) is 18.3 Å². The highest BCUT2D eigenvalue weighted by Gasteiger charge is 2.35. The van der Waals surface area contributed by atoms with E-state index < -0.39 is 15.9 Å². The van der Waals surface area contributed by atoms with Crippen LogP contribution >= 0.6 is 11.3 Å². The number of anilines is 2. The van der Waals surface area contributed by atoms with Gasteiger partial charge in [0, 0.05) is 42.8 Å². The Bertz CT molecular complexity index is 1050. The normalized spacial score (nSPS) is 20.5. The second-order valence-corrected chi connectivity index (χ2v) is 10.4. The lowest BCUT2D eigenvalue weighted by molar-refractivity contribution is -0.122. The summed E-state index contributed by atoms with van der Waals surface area (Å²) < 4.78 is 32.1. The molecular formula is C19H22N4O5S2. The smallest absolute Gasteiger partial charge is 0.243 e. The van der Waals surface area contributed by atoms with Gasteiger partial charge in [-0.25, -0.2) is 13.4 Å². The number of amides is 2. The third-order valence-corrected chi connectivity index (χ3v) is 7.84. The maximum Gasteiger partial charge on any atom is 0.243 e. The van der Waals surface area contributed by atoms with Gasteiger partial charge in [-0.15, -0.1) is 11.3 Å². The first-order valence-corrected chi connectivity index (χ1v) is 11.8. The lowest BCUT2D eigenvalue weighted by Crippen LogP contribution is -2.40. The van der Waals surface area contributed by atoms with Gasteiger partial charge < -0.3 is 15.0 Å². The number of morpholine rings is 1. The number of hydrogen-bond acceptors (Lipinski definition) is 7. The van der Waals surface area contributed by atoms with Gasteiger partial charge in [0.15, 0.2) is 5.13 Å². The number of benzene rings is 1. The van der Waals surface area contributed by atoms with E-state index in [1.165, 1.54) is 32.7 Å². The number of ether oxygens (including phenoxy) is 1. The van der Waals surface area contributed by atoms with E-state index in [2.05, 4.69) is 10.3 Å². The van der Waals surface area contributed by atoms with Crippen molar-refractivity contribution in [3.63, 3.8) is 0 Å². The SMILES string of the molecule is Cc1cnc(NC(=O)C2CC(=O)N(c3ccc(S(=O)(=O)N4CCOCC4)cc3)C2)s1. The van der Waals surface area contributed by atoms with E-state index >= 15 is 0 Å². The van der Waals surface area contributed by atoms with E-state index in [4.69, 9.17) is 4.74 Å². The van der Waals surface area contributed by atoms with Crippen LogP contribution in [0, 0.1) is 12.8 Å². The minimum absolute atomic E-state index is 0.101. The lowest BCUT2D eigenvalue weighted by Gasteiger charge is -2.26. The summed E-state index contributed by atoms with van der Waals surface area (Å²) in [5.41, 5.74) is 0.571. The number of rotatable bonds is 5. The predicted molar refractivity (Wildman–Crippen MR) is 112 cm³/mol. The Balaban J connectivity index is 1.44. The molecular weight excluding hydrogens is 428 g/mol. The zero-order chi connectivity index (χ0) is 21.3. The Kier molecular flexibility index (Phi) is 5.87. The van der Waals surface area contributed by atoms with Crippen LogP contribution < -0.4 is 10.2 Å². The van der Waals surface area contributed by atoms with Crippen LogP contribution in [0.1, 0.15) is 11.3 Å². The molecule has 0 bridgehead atoms. The minimum Gasteiger partial charge on any atom is -0.379 e. The number of thiazole rings is 1. The van der Waals surface area contributed by atoms with Gasteiger partial charge in [0.1, 0.15) is 0 Å². The fourth-order valence-corrected chi connectivity index (χ4v) is 5.56. The number of nitrogens with zero attached hydrogens (tertiary/aromatic N) is 3. The van der Waals surface area contributed by atoms with Crippen LogP contribution in [0.15, 0.2) is 35.4 Å². The largest absolute Gasteiger partial charge is 0.379 e. The van der Waals surface area contributed by atoms with E-state index in [-0.39, 0.29) is 29.7 Å². The highest BCUT2D eigenvalue weighted by molar-refractivity contribution is 7.89. The highest BCUT2D eigenvalue weighted by atomic mass is 32.2. The van der Waals surface area contributed by atoms with E-state index in [1.807, 2.05) is 6.92 Å². The summed E-state index contributed by atoms with van der Waals surface area (Å²) in [5, 5.41) is 3.27. The second-order valence-electron chi connectivity index (χ2n) is 7.18. The number of carbonyl (C=O) groups excluding carboxylic acids is 2. The first kappa shape index (κ1) is 20.9. The van der Waals surface area contributed by atoms with Crippen molar-refractivity contribution in [1.29, 1.82) is 0 Å². The summed E-state index contributed by atoms with van der Waals surface area (Å²) in [7, 11) is -3.59. The summed E-state index contributed by atoms with van der Waals surface area (Å²) >= 11 is 1.38. The number of sulfonamides is 1. The number of hydrogen-bond donors (Lipinski definition) is 1. The summed E-state index contributed by atoms with van der Waals surface area (Å²) in [5.74, 6) is -0.903. The molecule has 0 saturated carbocycles. The molecule has 0 radical (unpaired) electrons. The van der Waals surface area contributed by atoms with E-state index in [0.717, 1.165) is 4.88 Å². The Morgan fingerprint density at radius 1 is 1.23 bits per heavy atom. The van der Waals surface area contributed by atoms with Gasteiger partial charge in [0.05, 0.1) is 24.0 Å². The fraction of sp³-hybridized carbons (Fsp3) is 0.421. The monoisotopic (exact) mass is 450 g/mol. The zero-order valence-electron chi connectivity index (χ0n) is 16.4. The van der Waals surface area contributed by atoms with Gasteiger partial charge in [-0.2, -0.15) is 4.31 Å². The highest BCUT2D eigenvalue weighted by Crippen LogP contribution is 2.28. The van der Waals surface area contributed by atoms with Crippen molar-refractivity contribution in [3.05, 3.63) is 35.3 Å². The molecule has 1 aromatic carbocycles. The molecule has 2 saturated heterocycles. The first-order chi connectivity index (χ1) is 14.3. The third-order valence-electron chi connectivity index (χ3n) is 5.10. The molecule has 2 aliphatic rings. The van der Waals surface area contributed by atoms with Gasteiger partial charge in [0.25, 0.3) is 0 Å². The van der Waals surface area contributed by atoms with Crippen LogP contribution in [0.2, 0.25) is 0 Å². The second kappa shape index (κ2) is 8.42. The van der Waals surface area contributed by atoms with Gasteiger partial charge in [-0.3, -0.25) is 9.59 Å². The van der Waals surface area contributed by atoms with Crippen LogP contribution in [0.3, 0.4) is 0 Å². The van der Waals surface area contributed by atoms with Gasteiger partial charge in [-0.1, -0.05) is 0 Å². The molecule has 0 aliphatic carbocycles. The molecule has 2 fully saturated rings. The molecule has 2 aromatic rings. The quantitative estimate of drug-likeness (QED) is 0.739. The molecule has 1 aromatic heterocycles. The minimum atomic E-state index is -3.59. The van der Waals surface area contributed by atoms with Crippen LogP contribution in [-0.2, 0) is 24.3 Å². The van der Waals surface area contributed by atoms with Crippen LogP contribution in [0.4, 0.5) is 10.8 Å². The van der Waals surface area contributed by atoms with Crippen molar-refractivity contribution in [3.8, 4) is 0 Å². The molecule has 0 spiro atoms. The average molecular weight is 451 g/mol. The Hall–Kier alpha value is -2.34. The van der Waals surface area contributed by atoms with Gasteiger partial charge in [0.2, 0.25) is 21.8 Å². The molecule has 30 heavy (non-hydrogen) atoms. The van der Waals surface area contributed by atoms with Crippen molar-refractivity contribution >= 4 is 44.0 Å². The lowest BCUT2D eigenvalue weighted by atomic mass is 10.1. The number of carbonyl (C=O) groups is 2. The fourth-order valence-electron chi connectivity index (χ4n) is 3.49. The average Bonchev–Trinajstić information content (AvgIpc) is 3.34. The summed E-state index contributed by atoms with van der Waals surface area (Å²) in [6, 6.07) is 6.21. The molecule has 2 amide bonds. The maximum absolute atomic E-state index is 12.7. The van der Waals surface area contributed by atoms with Crippen LogP contribution in [0.5, 0.6) is 0 Å². The van der Waals surface area contributed by atoms with Crippen molar-refractivity contribution in [2.24, 2.45) is 5.92 Å². The summed E-state index contributed by atoms with van der Waals surface area (Å²) in [4.78, 5) is 31.7. The Labute approximate surface area is 178 Å². The van der Waals surface area contributed by atoms with E-state index in [0.29, 0.717) is 37.1 Å². The summed E-state index contributed by atoms with van der Waals surface area (Å²) in [6.45, 7) is 3.54. The molecule has 1 unspecified atom stereocenters. The first-order valence-electron chi connectivity index (χ1n) is 9.56. The maximum atomic E-state index is 12.7. The number of aromatic nitrogens is 1. The number of aryl methyl sites for hydroxylation is 1. The predicted octanol–water partition coefficient (Wildman–Crippen LogP) is 1.46. The zero-order valence-corrected chi connectivity index (χ0v) is 18.0. The molecule has 4 rings (SSSR count). The number of nitrogens with one attached hydrogen (secondary N) is 1. The van der Waals surface area contributed by atoms with E-state index in [9.17, 15) is 18.0 Å². The van der Waals surface area contributed by atoms with Gasteiger partial charge in [-0.05, 0) is 31.2 Å². The standard InChI is InChI=1S/C19H22N4O5S2/c1-13-11-20-19(29-13)21-18(25)14-10-17(24)23(12-14)15-2-4-16(5-3-15)30(26,27)22-6-8-28-9-7-22/h2-5,11,14H,6-10,12H2,1H3,(H,20,21,25). The molecule has 1 N–H and O–H groups in total. The van der Waals surface area contributed by atoms with Crippen molar-refractivity contribution < 1.29 is 22.7 Å². The van der Waals surface area contributed by atoms with Gasteiger partial charge >= 0.3 is 0 Å². The Morgan fingerprint density at radius 3 is 2.57 bits per heavy atom. The topological polar surface area (TPSA) is 109 Å². The van der Waals surface area contributed by atoms with Crippen LogP contribution in [0.25, 0.3) is 0 Å². The van der Waals surface area contributed by atoms with Crippen molar-refractivity contribution in [2.75, 3.05) is 43.1 Å². The molecule has 1 atom stereocenters. The molecule has 2 aliphatic heterocycles. The van der Waals surface area contributed by atoms with Crippen molar-refractivity contribution in [1.82, 2.24) is 9.29 Å².